The zero-order valence-electron chi connectivity index (χ0n) is 55.4. The van der Waals surface area contributed by atoms with E-state index in [-0.39, 0.29) is 450 Å². The number of benzene rings is 4. The summed E-state index contributed by atoms with van der Waals surface area (Å²) in [6.45, 7) is 0. The van der Waals surface area contributed by atoms with Crippen LogP contribution in [0.1, 0.15) is 41.4 Å². The van der Waals surface area contributed by atoms with Crippen LogP contribution in [0.5, 0.6) is 0 Å². The molecule has 2 amide bonds. The first-order chi connectivity index (χ1) is 27.5. The molecule has 0 bridgehead atoms. The van der Waals surface area contributed by atoms with Crippen molar-refractivity contribution < 1.29 is 498 Å². The smallest absolute Gasteiger partial charge is 0.209 e. The number of amides is 2. The first-order valence-electron chi connectivity index (χ1n) is 17.1. The molecule has 4 aromatic rings. The molecule has 107 heavy (non-hydrogen) atoms. The average molecular weight is 3690 g/mol. The molecule has 0 aliphatic carbocycles. The van der Waals surface area contributed by atoms with Crippen LogP contribution in [0, 0.1) is 0 Å². The van der Waals surface area contributed by atoms with Gasteiger partial charge in [0.25, 0.3) is 0 Å². The van der Waals surface area contributed by atoms with Crippen LogP contribution in [-0.4, -0.2) is 135 Å². The molecule has 0 radical (unpaired) electrons. The van der Waals surface area contributed by atoms with E-state index in [0.717, 1.165) is 60.2 Å². The zero-order valence-corrected chi connectivity index (χ0v) is 94.9. The molecular formula is C42H58N2O46S4SiW12-72. The van der Waals surface area contributed by atoms with Crippen LogP contribution in [0.2, 0.25) is 0 Å². The van der Waals surface area contributed by atoms with Crippen molar-refractivity contribution >= 4 is 90.6 Å². The molecule has 0 atom stereocenters. The van der Waals surface area contributed by atoms with Gasteiger partial charge in [-0.15, -0.1) is 0 Å². The van der Waals surface area contributed by atoms with E-state index in [1.807, 2.05) is 97.1 Å². The Balaban J connectivity index is -0.00000000658. The van der Waals surface area contributed by atoms with Gasteiger partial charge in [-0.2, -0.15) is 0 Å². The zero-order chi connectivity index (χ0) is 46.1. The fourth-order valence-electron chi connectivity index (χ4n) is 3.27. The minimum Gasteiger partial charge on any atom is -2.00 e. The molecule has 0 aliphatic rings. The van der Waals surface area contributed by atoms with Crippen LogP contribution in [0.15, 0.2) is 117 Å². The minimum absolute atomic E-state index is 0. The van der Waals surface area contributed by atoms with Gasteiger partial charge in [0.1, 0.15) is 75.2 Å². The maximum absolute atomic E-state index is 10.3. The monoisotopic (exact) mass is 3690 g/mol. The summed E-state index contributed by atoms with van der Waals surface area (Å²) in [5.41, 5.74) is 3.00. The van der Waals surface area contributed by atoms with Gasteiger partial charge < -0.3 is 235 Å². The summed E-state index contributed by atoms with van der Waals surface area (Å²) in [7, 11) is 2.32. The summed E-state index contributed by atoms with van der Waals surface area (Å²) in [4.78, 5) is 102. The molecule has 48 nitrogen and oxygen atoms in total. The summed E-state index contributed by atoms with van der Waals surface area (Å²) in [5, 5.41) is 0. The van der Waals surface area contributed by atoms with E-state index in [2.05, 4.69) is 50.0 Å². The van der Waals surface area contributed by atoms with Crippen molar-refractivity contribution in [3.63, 3.8) is 0 Å². The fraction of sp³-hybridized carbons (Fsp3) is 0.286. The Morgan fingerprint density at radius 3 is 0.318 bits per heavy atom. The maximum atomic E-state index is 10.3. The molecule has 0 heterocycles. The second-order valence-corrected chi connectivity index (χ2v) is 22.1. The second kappa shape index (κ2) is 239. The van der Waals surface area contributed by atoms with Crippen LogP contribution in [0.4, 0.5) is 0 Å². The first-order valence-corrected chi connectivity index (χ1v) is 26.9. The van der Waals surface area contributed by atoms with E-state index in [0.29, 0.717) is 43.6 Å². The number of hydrogen-bond donors (Lipinski definition) is 0. The molecule has 0 saturated heterocycles. The summed E-state index contributed by atoms with van der Waals surface area (Å²) in [6.07, 6.45) is 22.3. The number of nitrogens with zero attached hydrogens (tertiary/aromatic N) is 2. The third kappa shape index (κ3) is 248. The minimum atomic E-state index is -5.61. The Kier molecular flexibility index (Phi) is 838. The summed E-state index contributed by atoms with van der Waals surface area (Å²) < 4.78 is 0. The third-order valence-electron chi connectivity index (χ3n) is 6.37. The van der Waals surface area contributed by atoms with Gasteiger partial charge in [-0.3, -0.25) is 28.8 Å². The van der Waals surface area contributed by atoms with Gasteiger partial charge in [0.2, 0.25) is 12.8 Å². The van der Waals surface area contributed by atoms with Crippen molar-refractivity contribution in [3.8, 4) is 0 Å². The summed E-state index contributed by atoms with van der Waals surface area (Å²) in [5.74, 6) is 0. The van der Waals surface area contributed by atoms with Crippen molar-refractivity contribution in [2.75, 3.05) is 78.2 Å². The van der Waals surface area contributed by atoms with Gasteiger partial charge in [0.15, 0.2) is 19.6 Å². The van der Waals surface area contributed by atoms with Crippen molar-refractivity contribution in [1.82, 2.24) is 9.80 Å². The predicted octanol–water partition coefficient (Wildman–Crippen LogP) is -3.09. The van der Waals surface area contributed by atoms with Crippen LogP contribution >= 0.6 is 0 Å². The fourth-order valence-corrected chi connectivity index (χ4v) is 6.00. The van der Waals surface area contributed by atoms with Crippen molar-refractivity contribution in [1.29, 1.82) is 0 Å². The predicted molar refractivity (Wildman–Crippen MR) is 267 cm³/mol. The Bertz CT molecular complexity index is 1590. The van der Waals surface area contributed by atoms with E-state index in [9.17, 15) is 28.8 Å². The van der Waals surface area contributed by atoms with Crippen molar-refractivity contribution in [3.05, 3.63) is 119 Å². The summed E-state index contributed by atoms with van der Waals surface area (Å²) in [6, 6.07) is 30.9. The number of aldehydes is 4. The first kappa shape index (κ1) is 376. The van der Waals surface area contributed by atoms with Gasteiger partial charge in [0, 0.05) is 347 Å². The van der Waals surface area contributed by atoms with E-state index in [1.54, 1.807) is 28.2 Å². The quantitative estimate of drug-likeness (QED) is 0.0875. The molecule has 0 saturated carbocycles. The molecule has 65 heteroatoms. The number of rotatable bonds is 10. The van der Waals surface area contributed by atoms with Gasteiger partial charge in [0.05, 0.1) is 0 Å². The maximum Gasteiger partial charge on any atom is 0.209 e. The Morgan fingerprint density at radius 2 is 0.280 bits per heavy atom. The van der Waals surface area contributed by atoms with Crippen LogP contribution in [0.25, 0.3) is 0 Å². The normalized spacial score (nSPS) is 5.35. The topological polar surface area (TPSA) is 1230 Å². The van der Waals surface area contributed by atoms with Gasteiger partial charge in [-0.05, 0) is 97.1 Å². The van der Waals surface area contributed by atoms with Gasteiger partial charge in [-0.1, -0.05) is 0 Å². The molecule has 0 unspecified atom stereocenters. The average Bonchev–Trinajstić information content (AvgIpc) is 3.21. The Hall–Kier alpha value is 2.78. The Labute approximate surface area is 805 Å². The molecule has 684 valence electrons. The number of hydrogen-bond acceptors (Lipinski definition) is 10. The third-order valence-corrected chi connectivity index (χ3v) is 11.2. The van der Waals surface area contributed by atoms with Gasteiger partial charge >= 0.3 is 0 Å². The van der Waals surface area contributed by atoms with E-state index >= 15 is 0 Å². The van der Waals surface area contributed by atoms with Crippen LogP contribution in [0.3, 0.4) is 0 Å². The largest absolute Gasteiger partial charge is 2.00 e. The number of carbonyl (C=O) groups excluding carboxylic acids is 6. The van der Waals surface area contributed by atoms with E-state index in [1.165, 1.54) is 29.4 Å². The second-order valence-electron chi connectivity index (χ2n) is 12.7. The molecule has 0 N–H and O–H groups in total. The molecule has 0 aromatic heterocycles. The molecule has 4 rings (SSSR count). The van der Waals surface area contributed by atoms with Gasteiger partial charge in [-0.25, -0.2) is 0 Å². The van der Waals surface area contributed by atoms with E-state index in [4.69, 9.17) is 19.2 Å². The van der Waals surface area contributed by atoms with E-state index < -0.39 is 9.05 Å². The molecule has 0 aliphatic heterocycles. The molecule has 0 spiro atoms. The standard InChI is InChI=1S/4C9H11OS.2C3H7NO.O4Si.36O.12W/c4*1-11(2)9-5-3-8(7-10)4-6-9;2*1-4(2)3-5;1-5(2,3)4;;;;;;;;;;;;;;;;;;;;;;;;;;;;;;;;;;;;;;;;;;;;;;;;/h4*3-7H,1-2H3;2*3H,1-2H3;;;;;;;;;;;;;;;;;;;;;;;;;;;;;;;;;;;;;;;;;;;;;;;;;/q4*+1;;;-4;36*-2;;;;;;;;;;;;. The van der Waals surface area contributed by atoms with Crippen molar-refractivity contribution in [2.45, 2.75) is 19.6 Å². The molecule has 4 aromatic carbocycles. The van der Waals surface area contributed by atoms with Crippen LogP contribution < -0.4 is 19.2 Å². The Morgan fingerprint density at radius 1 is 0.215 bits per heavy atom. The summed E-state index contributed by atoms with van der Waals surface area (Å²) >= 11 is 0. The molecule has 0 fully saturated rings. The SMILES string of the molecule is CN(C)C=O.CN(C)C=O.C[S+](C)c1ccc(C=O)cc1.C[S+](C)c1ccc(C=O)cc1.C[S+](C)c1ccc(C=O)cc1.C[S+](C)c1ccc(C=O)cc1.[O-2].[O-2].[O-2].[O-2].[O-2].[O-2].[O-2].[O-2].[O-2].[O-2].[O-2].[O-2].[O-2].[O-2].[O-2].[O-2].[O-2].[O-2].[O-2].[O-2].[O-2].[O-2].[O-2].[O-2].[O-2].[O-2].[O-2].[O-2].[O-2].[O-2].[O-2].[O-2].[O-2].[O-2].[O-2].[O-2].[O-][Si]([O-])([O-])[O-].[W].[W].[W].[W].[W].[W].[W].[W].[W].[W].[W].[W]. The van der Waals surface area contributed by atoms with Crippen LogP contribution in [-0.2, 0) is 503 Å². The van der Waals surface area contributed by atoms with Crippen molar-refractivity contribution in [2.24, 2.45) is 0 Å². The molecular weight excluding hydrogens is 3630 g/mol. The number of carbonyl (C=O) groups is 6.